The molecule has 2 rings (SSSR count). The molecule has 1 aromatic carbocycles. The Bertz CT molecular complexity index is 530. The van der Waals surface area contributed by atoms with Crippen LogP contribution in [0.4, 0.5) is 0 Å². The molecule has 0 spiro atoms. The molecule has 2 N–H and O–H groups in total. The van der Waals surface area contributed by atoms with Crippen molar-refractivity contribution in [1.29, 1.82) is 0 Å². The van der Waals surface area contributed by atoms with E-state index in [1.807, 2.05) is 0 Å². The van der Waals surface area contributed by atoms with Gasteiger partial charge in [0.2, 0.25) is 5.91 Å². The van der Waals surface area contributed by atoms with Gasteiger partial charge in [0.05, 0.1) is 11.9 Å². The van der Waals surface area contributed by atoms with Crippen molar-refractivity contribution >= 4 is 12.2 Å². The lowest BCUT2D eigenvalue weighted by Crippen LogP contribution is -2.11. The largest absolute Gasteiger partial charge is 0.366 e. The molecule has 6 heteroatoms. The molecule has 2 aromatic rings. The van der Waals surface area contributed by atoms with Gasteiger partial charge >= 0.3 is 0 Å². The van der Waals surface area contributed by atoms with Gasteiger partial charge in [-0.2, -0.15) is 0 Å². The molecule has 0 fully saturated rings. The van der Waals surface area contributed by atoms with Crippen LogP contribution >= 0.6 is 0 Å². The lowest BCUT2D eigenvalue weighted by Gasteiger charge is -2.02. The van der Waals surface area contributed by atoms with E-state index in [2.05, 4.69) is 10.3 Å². The monoisotopic (exact) mass is 216 g/mol. The number of nitrogens with zero attached hydrogens (tertiary/aromatic N) is 3. The molecular weight excluding hydrogens is 208 g/mol. The van der Waals surface area contributed by atoms with E-state index in [0.717, 1.165) is 0 Å². The molecule has 16 heavy (non-hydrogen) atoms. The van der Waals surface area contributed by atoms with Crippen LogP contribution in [0.5, 0.6) is 0 Å². The van der Waals surface area contributed by atoms with Crippen LogP contribution in [0, 0.1) is 0 Å². The molecule has 0 radical (unpaired) electrons. The summed E-state index contributed by atoms with van der Waals surface area (Å²) in [5, 5.41) is 7.37. The van der Waals surface area contributed by atoms with Crippen molar-refractivity contribution in [3.63, 3.8) is 0 Å². The van der Waals surface area contributed by atoms with E-state index in [1.165, 1.54) is 10.9 Å². The number of aldehydes is 1. The Morgan fingerprint density at radius 3 is 2.56 bits per heavy atom. The molecule has 1 heterocycles. The second-order valence-electron chi connectivity index (χ2n) is 3.10. The van der Waals surface area contributed by atoms with Gasteiger partial charge in [-0.15, -0.1) is 5.10 Å². The fraction of sp³-hybridized carbons (Fsp3) is 0. The number of nitrogens with two attached hydrogens (primary N) is 1. The molecular formula is C10H8N4O2. The molecule has 0 bridgehead atoms. The third kappa shape index (κ3) is 1.68. The summed E-state index contributed by atoms with van der Waals surface area (Å²) in [6, 6.07) is 6.41. The summed E-state index contributed by atoms with van der Waals surface area (Å²) < 4.78 is 1.37. The fourth-order valence-electron chi connectivity index (χ4n) is 1.29. The van der Waals surface area contributed by atoms with Gasteiger partial charge in [-0.05, 0) is 24.3 Å². The number of carbonyl (C=O) groups excluding carboxylic acids is 2. The van der Waals surface area contributed by atoms with E-state index in [4.69, 9.17) is 5.73 Å². The van der Waals surface area contributed by atoms with E-state index >= 15 is 0 Å². The predicted molar refractivity (Wildman–Crippen MR) is 55.3 cm³/mol. The second-order valence-corrected chi connectivity index (χ2v) is 3.10. The third-order valence-corrected chi connectivity index (χ3v) is 2.09. The molecule has 0 aliphatic rings. The number of hydrogen-bond acceptors (Lipinski definition) is 4. The van der Waals surface area contributed by atoms with Crippen molar-refractivity contribution in [3.8, 4) is 5.69 Å². The second kappa shape index (κ2) is 3.93. The summed E-state index contributed by atoms with van der Waals surface area (Å²) in [6.45, 7) is 0. The summed E-state index contributed by atoms with van der Waals surface area (Å²) in [5.41, 5.74) is 6.49. The molecule has 0 unspecified atom stereocenters. The van der Waals surface area contributed by atoms with Crippen LogP contribution in [0.3, 0.4) is 0 Å². The van der Waals surface area contributed by atoms with Crippen molar-refractivity contribution in [2.75, 3.05) is 0 Å². The van der Waals surface area contributed by atoms with Crippen molar-refractivity contribution in [3.05, 3.63) is 41.7 Å². The van der Waals surface area contributed by atoms with Gasteiger partial charge in [-0.1, -0.05) is 5.21 Å². The number of carbonyl (C=O) groups is 2. The first kappa shape index (κ1) is 10.0. The third-order valence-electron chi connectivity index (χ3n) is 2.09. The van der Waals surface area contributed by atoms with Crippen molar-refractivity contribution in [2.24, 2.45) is 5.73 Å². The molecule has 0 saturated heterocycles. The van der Waals surface area contributed by atoms with E-state index < -0.39 is 5.91 Å². The molecule has 80 valence electrons. The standard InChI is InChI=1S/C10H8N4O2/c11-10(16)7-1-3-8(4-2-7)14-9(6-15)5-12-13-14/h1-6H,(H2,11,16). The first-order chi connectivity index (χ1) is 7.72. The van der Waals surface area contributed by atoms with Crippen LogP contribution < -0.4 is 5.73 Å². The Balaban J connectivity index is 2.42. The van der Waals surface area contributed by atoms with Crippen LogP contribution in [0.15, 0.2) is 30.5 Å². The quantitative estimate of drug-likeness (QED) is 0.741. The smallest absolute Gasteiger partial charge is 0.248 e. The van der Waals surface area contributed by atoms with Crippen LogP contribution in [-0.4, -0.2) is 27.2 Å². The van der Waals surface area contributed by atoms with Gasteiger partial charge in [-0.25, -0.2) is 4.68 Å². The molecule has 0 atom stereocenters. The molecule has 6 nitrogen and oxygen atoms in total. The van der Waals surface area contributed by atoms with Crippen LogP contribution in [-0.2, 0) is 0 Å². The van der Waals surface area contributed by atoms with Crippen molar-refractivity contribution in [1.82, 2.24) is 15.0 Å². The number of amides is 1. The Morgan fingerprint density at radius 1 is 1.31 bits per heavy atom. The zero-order valence-electron chi connectivity index (χ0n) is 8.20. The maximum absolute atomic E-state index is 10.9. The van der Waals surface area contributed by atoms with Crippen molar-refractivity contribution in [2.45, 2.75) is 0 Å². The topological polar surface area (TPSA) is 90.9 Å². The number of benzene rings is 1. The summed E-state index contributed by atoms with van der Waals surface area (Å²) >= 11 is 0. The minimum absolute atomic E-state index is 0.340. The highest BCUT2D eigenvalue weighted by atomic mass is 16.1. The van der Waals surface area contributed by atoms with E-state index in [0.29, 0.717) is 23.2 Å². The number of hydrogen-bond donors (Lipinski definition) is 1. The average Bonchev–Trinajstić information content (AvgIpc) is 2.77. The summed E-state index contributed by atoms with van der Waals surface area (Å²) in [4.78, 5) is 21.5. The number of rotatable bonds is 3. The Morgan fingerprint density at radius 2 is 2.00 bits per heavy atom. The first-order valence-corrected chi connectivity index (χ1v) is 4.48. The van der Waals surface area contributed by atoms with Crippen LogP contribution in [0.2, 0.25) is 0 Å². The number of aromatic nitrogens is 3. The first-order valence-electron chi connectivity index (χ1n) is 4.48. The van der Waals surface area contributed by atoms with Gasteiger partial charge in [0.25, 0.3) is 0 Å². The Kier molecular flexibility index (Phi) is 2.47. The highest BCUT2D eigenvalue weighted by Crippen LogP contribution is 2.09. The molecule has 0 aliphatic heterocycles. The highest BCUT2D eigenvalue weighted by Gasteiger charge is 2.06. The van der Waals surface area contributed by atoms with E-state index in [9.17, 15) is 9.59 Å². The number of primary amides is 1. The summed E-state index contributed by atoms with van der Waals surface area (Å²) in [5.74, 6) is -0.499. The van der Waals surface area contributed by atoms with Gasteiger partial charge < -0.3 is 5.73 Å². The van der Waals surface area contributed by atoms with Gasteiger partial charge in [-0.3, -0.25) is 9.59 Å². The van der Waals surface area contributed by atoms with E-state index in [1.54, 1.807) is 24.3 Å². The maximum Gasteiger partial charge on any atom is 0.248 e. The minimum Gasteiger partial charge on any atom is -0.366 e. The van der Waals surface area contributed by atoms with E-state index in [-0.39, 0.29) is 0 Å². The van der Waals surface area contributed by atoms with Crippen molar-refractivity contribution < 1.29 is 9.59 Å². The zero-order chi connectivity index (χ0) is 11.5. The molecule has 1 amide bonds. The fourth-order valence-corrected chi connectivity index (χ4v) is 1.29. The SMILES string of the molecule is NC(=O)c1ccc(-n2nncc2C=O)cc1. The lowest BCUT2D eigenvalue weighted by molar-refractivity contribution is 0.0999. The summed E-state index contributed by atoms with van der Waals surface area (Å²) in [6.07, 6.45) is 2.01. The van der Waals surface area contributed by atoms with Crippen LogP contribution in [0.25, 0.3) is 5.69 Å². The van der Waals surface area contributed by atoms with Gasteiger partial charge in [0, 0.05) is 5.56 Å². The van der Waals surface area contributed by atoms with Gasteiger partial charge in [0.15, 0.2) is 6.29 Å². The highest BCUT2D eigenvalue weighted by molar-refractivity contribution is 5.92. The zero-order valence-corrected chi connectivity index (χ0v) is 8.20. The summed E-state index contributed by atoms with van der Waals surface area (Å²) in [7, 11) is 0. The average molecular weight is 216 g/mol. The van der Waals surface area contributed by atoms with Gasteiger partial charge in [0.1, 0.15) is 5.69 Å². The maximum atomic E-state index is 10.9. The minimum atomic E-state index is -0.499. The normalized spacial score (nSPS) is 10.0. The molecule has 1 aromatic heterocycles. The van der Waals surface area contributed by atoms with Crippen LogP contribution in [0.1, 0.15) is 20.8 Å². The Labute approximate surface area is 90.7 Å². The predicted octanol–water partition coefficient (Wildman–Crippen LogP) is 0.179. The molecule has 0 aliphatic carbocycles. The lowest BCUT2D eigenvalue weighted by atomic mass is 10.2. The Hall–Kier alpha value is -2.50. The molecule has 0 saturated carbocycles.